The highest BCUT2D eigenvalue weighted by Crippen LogP contribution is 2.20. The van der Waals surface area contributed by atoms with Crippen LogP contribution in [0, 0.1) is 0 Å². The molecule has 0 atom stereocenters. The van der Waals surface area contributed by atoms with Crippen LogP contribution in [-0.2, 0) is 4.74 Å². The highest BCUT2D eigenvalue weighted by Gasteiger charge is 2.16. The van der Waals surface area contributed by atoms with E-state index in [1.54, 1.807) is 13.0 Å². The van der Waals surface area contributed by atoms with E-state index >= 15 is 0 Å². The molecule has 0 unspecified atom stereocenters. The summed E-state index contributed by atoms with van der Waals surface area (Å²) in [7, 11) is 0. The average molecular weight is 221 g/mol. The van der Waals surface area contributed by atoms with Crippen LogP contribution in [0.25, 0.3) is 0 Å². The van der Waals surface area contributed by atoms with Crippen molar-refractivity contribution in [1.29, 1.82) is 0 Å². The molecule has 1 rings (SSSR count). The lowest BCUT2D eigenvalue weighted by Crippen LogP contribution is -2.27. The van der Waals surface area contributed by atoms with Crippen molar-refractivity contribution in [3.8, 4) is 0 Å². The number of hydrogen-bond acceptors (Lipinski definition) is 3. The van der Waals surface area contributed by atoms with Gasteiger partial charge in [0.2, 0.25) is 0 Å². The van der Waals surface area contributed by atoms with E-state index in [0.717, 1.165) is 5.69 Å². The van der Waals surface area contributed by atoms with Gasteiger partial charge >= 0.3 is 5.97 Å². The molecule has 1 N–H and O–H groups in total. The number of anilines is 1. The molecule has 0 radical (unpaired) electrons. The summed E-state index contributed by atoms with van der Waals surface area (Å²) in [6.45, 7) is 8.35. The van der Waals surface area contributed by atoms with Gasteiger partial charge in [0, 0.05) is 11.2 Å². The van der Waals surface area contributed by atoms with E-state index in [1.165, 1.54) is 0 Å². The lowest BCUT2D eigenvalue weighted by atomic mass is 10.1. The predicted octanol–water partition coefficient (Wildman–Crippen LogP) is 3.07. The number of para-hydroxylation sites is 1. The summed E-state index contributed by atoms with van der Waals surface area (Å²) in [5, 5.41) is 3.29. The molecular formula is C13H19NO2. The van der Waals surface area contributed by atoms with E-state index in [-0.39, 0.29) is 11.5 Å². The fourth-order valence-electron chi connectivity index (χ4n) is 1.38. The average Bonchev–Trinajstić information content (AvgIpc) is 2.16. The number of rotatable bonds is 3. The maximum absolute atomic E-state index is 11.7. The number of carbonyl (C=O) groups is 1. The highest BCUT2D eigenvalue weighted by atomic mass is 16.5. The van der Waals surface area contributed by atoms with Gasteiger partial charge in [-0.25, -0.2) is 4.79 Å². The molecular weight excluding hydrogens is 202 g/mol. The molecule has 1 aromatic rings. The van der Waals surface area contributed by atoms with Gasteiger partial charge in [-0.1, -0.05) is 12.1 Å². The van der Waals surface area contributed by atoms with Crippen molar-refractivity contribution in [3.05, 3.63) is 29.8 Å². The molecule has 3 nitrogen and oxygen atoms in total. The standard InChI is InChI=1S/C13H19NO2/c1-5-16-12(15)10-8-6-7-9-11(10)14-13(2,3)4/h6-9,14H,5H2,1-4H3. The molecule has 88 valence electrons. The van der Waals surface area contributed by atoms with Gasteiger partial charge in [-0.3, -0.25) is 0 Å². The summed E-state index contributed by atoms with van der Waals surface area (Å²) in [5.74, 6) is -0.283. The minimum atomic E-state index is -0.283. The first kappa shape index (κ1) is 12.6. The van der Waals surface area contributed by atoms with Gasteiger partial charge in [-0.05, 0) is 39.8 Å². The third-order valence-corrected chi connectivity index (χ3v) is 1.93. The maximum atomic E-state index is 11.7. The van der Waals surface area contributed by atoms with E-state index < -0.39 is 0 Å². The van der Waals surface area contributed by atoms with Crippen molar-refractivity contribution >= 4 is 11.7 Å². The normalized spacial score (nSPS) is 11.0. The van der Waals surface area contributed by atoms with Gasteiger partial charge in [0.1, 0.15) is 0 Å². The lowest BCUT2D eigenvalue weighted by molar-refractivity contribution is 0.0527. The summed E-state index contributed by atoms with van der Waals surface area (Å²) < 4.78 is 5.00. The van der Waals surface area contributed by atoms with Gasteiger partial charge in [-0.15, -0.1) is 0 Å². The van der Waals surface area contributed by atoms with Crippen LogP contribution in [0.1, 0.15) is 38.1 Å². The number of esters is 1. The Morgan fingerprint density at radius 2 is 1.94 bits per heavy atom. The Morgan fingerprint density at radius 3 is 2.50 bits per heavy atom. The van der Waals surface area contributed by atoms with Crippen molar-refractivity contribution in [2.75, 3.05) is 11.9 Å². The van der Waals surface area contributed by atoms with Crippen LogP contribution in [0.3, 0.4) is 0 Å². The minimum absolute atomic E-state index is 0.0808. The van der Waals surface area contributed by atoms with Gasteiger partial charge in [0.25, 0.3) is 0 Å². The Labute approximate surface area is 96.8 Å². The van der Waals surface area contributed by atoms with Gasteiger partial charge in [0.05, 0.1) is 12.2 Å². The fourth-order valence-corrected chi connectivity index (χ4v) is 1.38. The maximum Gasteiger partial charge on any atom is 0.340 e. The molecule has 0 fully saturated rings. The van der Waals surface area contributed by atoms with Crippen molar-refractivity contribution < 1.29 is 9.53 Å². The zero-order chi connectivity index (χ0) is 12.2. The summed E-state index contributed by atoms with van der Waals surface area (Å²) in [5.41, 5.74) is 1.32. The molecule has 16 heavy (non-hydrogen) atoms. The molecule has 0 saturated heterocycles. The molecule has 0 saturated carbocycles. The Hall–Kier alpha value is -1.51. The fraction of sp³-hybridized carbons (Fsp3) is 0.462. The van der Waals surface area contributed by atoms with Crippen LogP contribution in [-0.4, -0.2) is 18.1 Å². The molecule has 0 amide bonds. The number of hydrogen-bond donors (Lipinski definition) is 1. The number of carbonyl (C=O) groups excluding carboxylic acids is 1. The van der Waals surface area contributed by atoms with E-state index in [0.29, 0.717) is 12.2 Å². The summed E-state index contributed by atoms with van der Waals surface area (Å²) in [6, 6.07) is 7.39. The Balaban J connectivity index is 2.96. The van der Waals surface area contributed by atoms with Crippen molar-refractivity contribution in [1.82, 2.24) is 0 Å². The Kier molecular flexibility index (Phi) is 3.93. The Bertz CT molecular complexity index is 366. The van der Waals surface area contributed by atoms with Crippen LogP contribution in [0.2, 0.25) is 0 Å². The minimum Gasteiger partial charge on any atom is -0.462 e. The second-order valence-electron chi connectivity index (χ2n) is 4.64. The molecule has 3 heteroatoms. The van der Waals surface area contributed by atoms with Crippen LogP contribution < -0.4 is 5.32 Å². The second-order valence-corrected chi connectivity index (χ2v) is 4.64. The largest absolute Gasteiger partial charge is 0.462 e. The molecule has 1 aromatic carbocycles. The predicted molar refractivity (Wildman–Crippen MR) is 65.8 cm³/mol. The topological polar surface area (TPSA) is 38.3 Å². The lowest BCUT2D eigenvalue weighted by Gasteiger charge is -2.23. The first-order valence-electron chi connectivity index (χ1n) is 5.48. The summed E-state index contributed by atoms with van der Waals surface area (Å²) in [6.07, 6.45) is 0. The van der Waals surface area contributed by atoms with E-state index in [2.05, 4.69) is 26.1 Å². The molecule has 0 spiro atoms. The van der Waals surface area contributed by atoms with Crippen molar-refractivity contribution in [2.24, 2.45) is 0 Å². The number of benzene rings is 1. The molecule has 0 heterocycles. The monoisotopic (exact) mass is 221 g/mol. The number of ether oxygens (including phenoxy) is 1. The van der Waals surface area contributed by atoms with Crippen molar-refractivity contribution in [3.63, 3.8) is 0 Å². The first-order chi connectivity index (χ1) is 7.44. The molecule has 0 aromatic heterocycles. The van der Waals surface area contributed by atoms with Gasteiger partial charge in [-0.2, -0.15) is 0 Å². The molecule has 0 aliphatic carbocycles. The quantitative estimate of drug-likeness (QED) is 0.797. The highest BCUT2D eigenvalue weighted by molar-refractivity contribution is 5.95. The van der Waals surface area contributed by atoms with E-state index in [9.17, 15) is 4.79 Å². The van der Waals surface area contributed by atoms with Crippen LogP contribution >= 0.6 is 0 Å². The second kappa shape index (κ2) is 5.01. The third-order valence-electron chi connectivity index (χ3n) is 1.93. The molecule has 0 aliphatic heterocycles. The molecule has 0 bridgehead atoms. The number of nitrogens with one attached hydrogen (secondary N) is 1. The van der Waals surface area contributed by atoms with Crippen LogP contribution in [0.15, 0.2) is 24.3 Å². The third kappa shape index (κ3) is 3.57. The molecule has 0 aliphatic rings. The van der Waals surface area contributed by atoms with E-state index in [1.807, 2.05) is 18.2 Å². The zero-order valence-corrected chi connectivity index (χ0v) is 10.3. The zero-order valence-electron chi connectivity index (χ0n) is 10.3. The Morgan fingerprint density at radius 1 is 1.31 bits per heavy atom. The van der Waals surface area contributed by atoms with Crippen LogP contribution in [0.5, 0.6) is 0 Å². The van der Waals surface area contributed by atoms with E-state index in [4.69, 9.17) is 4.74 Å². The summed E-state index contributed by atoms with van der Waals surface area (Å²) in [4.78, 5) is 11.7. The summed E-state index contributed by atoms with van der Waals surface area (Å²) >= 11 is 0. The first-order valence-corrected chi connectivity index (χ1v) is 5.48. The smallest absolute Gasteiger partial charge is 0.340 e. The van der Waals surface area contributed by atoms with Gasteiger partial charge in [0.15, 0.2) is 0 Å². The van der Waals surface area contributed by atoms with Gasteiger partial charge < -0.3 is 10.1 Å². The van der Waals surface area contributed by atoms with Crippen molar-refractivity contribution in [2.45, 2.75) is 33.2 Å². The van der Waals surface area contributed by atoms with Crippen LogP contribution in [0.4, 0.5) is 5.69 Å². The SMILES string of the molecule is CCOC(=O)c1ccccc1NC(C)(C)C.